The Kier molecular flexibility index (Phi) is 2.85. The van der Waals surface area contributed by atoms with Crippen LogP contribution >= 0.6 is 11.6 Å². The fourth-order valence-corrected chi connectivity index (χ4v) is 1.65. The van der Waals surface area contributed by atoms with Gasteiger partial charge in [-0.2, -0.15) is 4.98 Å². The average Bonchev–Trinajstić information content (AvgIpc) is 2.89. The van der Waals surface area contributed by atoms with Crippen LogP contribution in [0.2, 0.25) is 5.02 Å². The van der Waals surface area contributed by atoms with Crippen molar-refractivity contribution in [2.45, 2.75) is 0 Å². The first kappa shape index (κ1) is 11.6. The average molecular weight is 274 g/mol. The molecule has 0 saturated heterocycles. The number of rotatable bonds is 2. The monoisotopic (exact) mass is 273 g/mol. The molecule has 0 atom stereocenters. The van der Waals surface area contributed by atoms with Crippen molar-refractivity contribution in [2.24, 2.45) is 0 Å². The van der Waals surface area contributed by atoms with Gasteiger partial charge in [-0.05, 0) is 24.3 Å². The molecule has 0 aliphatic heterocycles. The molecule has 0 bridgehead atoms. The van der Waals surface area contributed by atoms with Gasteiger partial charge in [-0.1, -0.05) is 16.8 Å². The summed E-state index contributed by atoms with van der Waals surface area (Å²) in [5.41, 5.74) is 6.90. The lowest BCUT2D eigenvalue weighted by atomic mass is 10.2. The van der Waals surface area contributed by atoms with E-state index in [1.807, 2.05) is 0 Å². The van der Waals surface area contributed by atoms with Gasteiger partial charge in [-0.25, -0.2) is 4.98 Å². The van der Waals surface area contributed by atoms with E-state index >= 15 is 0 Å². The quantitative estimate of drug-likeness (QED) is 0.771. The molecule has 0 aromatic carbocycles. The standard InChI is InChI=1S/C12H8ClN5O/c13-8-1-2-9(16-6-8)11-17-12(19-18-11)7-3-4-15-10(14)5-7/h1-6H,(H2,14,15). The zero-order valence-corrected chi connectivity index (χ0v) is 10.4. The van der Waals surface area contributed by atoms with Crippen molar-refractivity contribution in [3.8, 4) is 23.0 Å². The zero-order valence-electron chi connectivity index (χ0n) is 9.62. The molecule has 0 radical (unpaired) electrons. The number of pyridine rings is 2. The molecule has 3 heterocycles. The van der Waals surface area contributed by atoms with Crippen LogP contribution in [-0.2, 0) is 0 Å². The molecule has 0 unspecified atom stereocenters. The molecule has 7 heteroatoms. The van der Waals surface area contributed by atoms with E-state index in [9.17, 15) is 0 Å². The predicted octanol–water partition coefficient (Wildman–Crippen LogP) is 2.43. The van der Waals surface area contributed by atoms with Crippen LogP contribution in [0, 0.1) is 0 Å². The summed E-state index contributed by atoms with van der Waals surface area (Å²) in [5, 5.41) is 4.42. The predicted molar refractivity (Wildman–Crippen MR) is 70.2 cm³/mol. The summed E-state index contributed by atoms with van der Waals surface area (Å²) in [7, 11) is 0. The highest BCUT2D eigenvalue weighted by Gasteiger charge is 2.11. The Morgan fingerprint density at radius 2 is 2.05 bits per heavy atom. The molecule has 0 fully saturated rings. The Bertz CT molecular complexity index is 710. The van der Waals surface area contributed by atoms with Gasteiger partial charge >= 0.3 is 0 Å². The topological polar surface area (TPSA) is 90.7 Å². The molecule has 94 valence electrons. The van der Waals surface area contributed by atoms with Crippen LogP contribution in [0.5, 0.6) is 0 Å². The zero-order chi connectivity index (χ0) is 13.2. The van der Waals surface area contributed by atoms with E-state index in [1.165, 1.54) is 6.20 Å². The normalized spacial score (nSPS) is 10.6. The number of anilines is 1. The van der Waals surface area contributed by atoms with E-state index in [1.54, 1.807) is 30.5 Å². The Balaban J connectivity index is 1.97. The molecular formula is C12H8ClN5O. The number of hydrogen-bond donors (Lipinski definition) is 1. The molecule has 0 saturated carbocycles. The third kappa shape index (κ3) is 2.38. The summed E-state index contributed by atoms with van der Waals surface area (Å²) in [6.07, 6.45) is 3.10. The molecule has 2 N–H and O–H groups in total. The van der Waals surface area contributed by atoms with Gasteiger partial charge in [0.15, 0.2) is 0 Å². The minimum Gasteiger partial charge on any atom is -0.384 e. The molecule has 0 aliphatic rings. The smallest absolute Gasteiger partial charge is 0.258 e. The SMILES string of the molecule is Nc1cc(-c2nc(-c3ccc(Cl)cn3)no2)ccn1. The highest BCUT2D eigenvalue weighted by molar-refractivity contribution is 6.30. The molecular weight excluding hydrogens is 266 g/mol. The van der Waals surface area contributed by atoms with Crippen molar-refractivity contribution in [1.29, 1.82) is 0 Å². The van der Waals surface area contributed by atoms with Crippen molar-refractivity contribution in [2.75, 3.05) is 5.73 Å². The van der Waals surface area contributed by atoms with Gasteiger partial charge in [-0.3, -0.25) is 4.98 Å². The lowest BCUT2D eigenvalue weighted by molar-refractivity contribution is 0.432. The van der Waals surface area contributed by atoms with E-state index in [0.717, 1.165) is 0 Å². The lowest BCUT2D eigenvalue weighted by Gasteiger charge is -1.94. The van der Waals surface area contributed by atoms with Gasteiger partial charge in [0.2, 0.25) is 5.82 Å². The molecule has 0 spiro atoms. The molecule has 3 aromatic heterocycles. The van der Waals surface area contributed by atoms with Crippen LogP contribution in [0.1, 0.15) is 0 Å². The number of aromatic nitrogens is 4. The van der Waals surface area contributed by atoms with Gasteiger partial charge in [-0.15, -0.1) is 0 Å². The summed E-state index contributed by atoms with van der Waals surface area (Å²) in [4.78, 5) is 12.3. The Hall–Kier alpha value is -2.47. The highest BCUT2D eigenvalue weighted by Crippen LogP contribution is 2.22. The van der Waals surface area contributed by atoms with Crippen molar-refractivity contribution in [3.63, 3.8) is 0 Å². The second-order valence-corrected chi connectivity index (χ2v) is 4.19. The fourth-order valence-electron chi connectivity index (χ4n) is 1.53. The second-order valence-electron chi connectivity index (χ2n) is 3.75. The van der Waals surface area contributed by atoms with Gasteiger partial charge in [0.05, 0.1) is 5.02 Å². The minimum atomic E-state index is 0.362. The van der Waals surface area contributed by atoms with Crippen molar-refractivity contribution in [1.82, 2.24) is 20.1 Å². The highest BCUT2D eigenvalue weighted by atomic mass is 35.5. The number of hydrogen-bond acceptors (Lipinski definition) is 6. The van der Waals surface area contributed by atoms with Gasteiger partial charge < -0.3 is 10.3 Å². The van der Waals surface area contributed by atoms with Gasteiger partial charge in [0, 0.05) is 18.0 Å². The second kappa shape index (κ2) is 4.66. The molecule has 0 amide bonds. The minimum absolute atomic E-state index is 0.362. The fraction of sp³-hybridized carbons (Fsp3) is 0. The summed E-state index contributed by atoms with van der Waals surface area (Å²) < 4.78 is 5.17. The van der Waals surface area contributed by atoms with E-state index in [4.69, 9.17) is 21.9 Å². The molecule has 0 aliphatic carbocycles. The van der Waals surface area contributed by atoms with Gasteiger partial charge in [0.25, 0.3) is 5.89 Å². The summed E-state index contributed by atoms with van der Waals surface area (Å²) in [6.45, 7) is 0. The maximum Gasteiger partial charge on any atom is 0.258 e. The van der Waals surface area contributed by atoms with Gasteiger partial charge in [0.1, 0.15) is 11.5 Å². The Labute approximate surface area is 113 Å². The first-order chi connectivity index (χ1) is 9.22. The van der Waals surface area contributed by atoms with Crippen LogP contribution < -0.4 is 5.73 Å². The first-order valence-corrected chi connectivity index (χ1v) is 5.78. The van der Waals surface area contributed by atoms with Crippen LogP contribution in [-0.4, -0.2) is 20.1 Å². The molecule has 19 heavy (non-hydrogen) atoms. The van der Waals surface area contributed by atoms with E-state index in [-0.39, 0.29) is 0 Å². The Morgan fingerprint density at radius 3 is 2.79 bits per heavy atom. The number of halogens is 1. The maximum atomic E-state index is 5.77. The molecule has 6 nitrogen and oxygen atoms in total. The molecule has 3 rings (SSSR count). The summed E-state index contributed by atoms with van der Waals surface area (Å²) in [5.74, 6) is 1.14. The first-order valence-electron chi connectivity index (χ1n) is 5.40. The lowest BCUT2D eigenvalue weighted by Crippen LogP contribution is -1.89. The largest absolute Gasteiger partial charge is 0.384 e. The van der Waals surface area contributed by atoms with Crippen LogP contribution in [0.25, 0.3) is 23.0 Å². The number of nitrogen functional groups attached to an aromatic ring is 1. The third-order valence-electron chi connectivity index (χ3n) is 2.41. The number of nitrogens with two attached hydrogens (primary N) is 1. The summed E-state index contributed by atoms with van der Waals surface area (Å²) in [6, 6.07) is 6.83. The van der Waals surface area contributed by atoms with Crippen molar-refractivity contribution in [3.05, 3.63) is 41.7 Å². The van der Waals surface area contributed by atoms with E-state index in [2.05, 4.69) is 20.1 Å². The van der Waals surface area contributed by atoms with Crippen LogP contribution in [0.4, 0.5) is 5.82 Å². The summed E-state index contributed by atoms with van der Waals surface area (Å²) >= 11 is 5.77. The van der Waals surface area contributed by atoms with Crippen LogP contribution in [0.15, 0.2) is 41.2 Å². The number of nitrogens with zero attached hydrogens (tertiary/aromatic N) is 4. The van der Waals surface area contributed by atoms with Crippen molar-refractivity contribution < 1.29 is 4.52 Å². The molecule has 3 aromatic rings. The van der Waals surface area contributed by atoms with Crippen molar-refractivity contribution >= 4 is 17.4 Å². The Morgan fingerprint density at radius 1 is 1.16 bits per heavy atom. The maximum absolute atomic E-state index is 5.77. The van der Waals surface area contributed by atoms with E-state index < -0.39 is 0 Å². The third-order valence-corrected chi connectivity index (χ3v) is 2.63. The van der Waals surface area contributed by atoms with E-state index in [0.29, 0.717) is 33.8 Å². The van der Waals surface area contributed by atoms with Crippen LogP contribution in [0.3, 0.4) is 0 Å².